The van der Waals surface area contributed by atoms with Crippen LogP contribution in [0.25, 0.3) is 0 Å². The van der Waals surface area contributed by atoms with Crippen molar-refractivity contribution < 1.29 is 9.53 Å². The van der Waals surface area contributed by atoms with Gasteiger partial charge in [-0.3, -0.25) is 4.79 Å². The number of hydrogen-bond donors (Lipinski definition) is 2. The lowest BCUT2D eigenvalue weighted by Gasteiger charge is -2.29. The van der Waals surface area contributed by atoms with E-state index in [1.807, 2.05) is 0 Å². The van der Waals surface area contributed by atoms with E-state index in [2.05, 4.69) is 22.5 Å². The molecule has 5 nitrogen and oxygen atoms in total. The number of piperidine rings is 1. The first-order chi connectivity index (χ1) is 9.25. The van der Waals surface area contributed by atoms with Crippen LogP contribution in [-0.2, 0) is 9.53 Å². The molecule has 0 aromatic rings. The quantitative estimate of drug-likeness (QED) is 0.784. The van der Waals surface area contributed by atoms with Gasteiger partial charge in [0.15, 0.2) is 0 Å². The van der Waals surface area contributed by atoms with Crippen LogP contribution in [0, 0.1) is 5.92 Å². The number of hydrogen-bond acceptors (Lipinski definition) is 4. The van der Waals surface area contributed by atoms with Gasteiger partial charge >= 0.3 is 0 Å². The van der Waals surface area contributed by atoms with Crippen molar-refractivity contribution in [1.82, 2.24) is 15.5 Å². The van der Waals surface area contributed by atoms with Crippen LogP contribution < -0.4 is 10.6 Å². The Morgan fingerprint density at radius 3 is 2.67 bits per heavy atom. The van der Waals surface area contributed by atoms with Crippen molar-refractivity contribution in [3.05, 3.63) is 0 Å². The van der Waals surface area contributed by atoms with Crippen molar-refractivity contribution >= 4 is 30.7 Å². The maximum atomic E-state index is 11.9. The number of likely N-dealkylation sites (tertiary alicyclic amines) is 1. The molecule has 1 amide bonds. The fourth-order valence-corrected chi connectivity index (χ4v) is 2.77. The molecule has 21 heavy (non-hydrogen) atoms. The number of carbonyl (C=O) groups is 1. The first kappa shape index (κ1) is 20.9. The molecule has 0 radical (unpaired) electrons. The van der Waals surface area contributed by atoms with Gasteiger partial charge in [-0.2, -0.15) is 0 Å². The second kappa shape index (κ2) is 11.5. The van der Waals surface area contributed by atoms with Gasteiger partial charge in [-0.1, -0.05) is 13.3 Å². The van der Waals surface area contributed by atoms with E-state index in [0.29, 0.717) is 19.1 Å². The summed E-state index contributed by atoms with van der Waals surface area (Å²) >= 11 is 0. The summed E-state index contributed by atoms with van der Waals surface area (Å²) in [6.07, 6.45) is 3.70. The molecule has 2 heterocycles. The molecule has 0 aromatic heterocycles. The summed E-state index contributed by atoms with van der Waals surface area (Å²) in [6.45, 7) is 8.57. The molecule has 0 saturated carbocycles. The minimum Gasteiger partial charge on any atom is -0.366 e. The SMILES string of the molecule is CC(CNC(=O)C1CNCCO1)CN1CCCCC1.Cl.Cl. The summed E-state index contributed by atoms with van der Waals surface area (Å²) in [4.78, 5) is 14.4. The van der Waals surface area contributed by atoms with E-state index in [0.717, 1.165) is 19.6 Å². The molecule has 2 fully saturated rings. The van der Waals surface area contributed by atoms with E-state index in [1.165, 1.54) is 32.4 Å². The molecule has 2 aliphatic rings. The Morgan fingerprint density at radius 1 is 1.33 bits per heavy atom. The normalized spacial score (nSPS) is 24.3. The smallest absolute Gasteiger partial charge is 0.250 e. The predicted molar refractivity (Wildman–Crippen MR) is 89.6 cm³/mol. The zero-order chi connectivity index (χ0) is 13.5. The van der Waals surface area contributed by atoms with Crippen LogP contribution in [0.4, 0.5) is 0 Å². The molecule has 2 aliphatic heterocycles. The zero-order valence-corrected chi connectivity index (χ0v) is 14.4. The Morgan fingerprint density at radius 2 is 2.05 bits per heavy atom. The summed E-state index contributed by atoms with van der Waals surface area (Å²) < 4.78 is 5.44. The third kappa shape index (κ3) is 7.66. The fraction of sp³-hybridized carbons (Fsp3) is 0.929. The molecule has 2 atom stereocenters. The Hall–Kier alpha value is -0.0700. The van der Waals surface area contributed by atoms with Crippen LogP contribution in [0.2, 0.25) is 0 Å². The Labute approximate surface area is 140 Å². The number of rotatable bonds is 5. The summed E-state index contributed by atoms with van der Waals surface area (Å²) in [6, 6.07) is 0. The number of nitrogens with one attached hydrogen (secondary N) is 2. The van der Waals surface area contributed by atoms with Gasteiger partial charge in [0.2, 0.25) is 5.91 Å². The van der Waals surface area contributed by atoms with Crippen molar-refractivity contribution in [3.63, 3.8) is 0 Å². The molecule has 0 bridgehead atoms. The van der Waals surface area contributed by atoms with Gasteiger partial charge in [0.1, 0.15) is 6.10 Å². The van der Waals surface area contributed by atoms with Gasteiger partial charge in [0.25, 0.3) is 0 Å². The number of ether oxygens (including phenoxy) is 1. The van der Waals surface area contributed by atoms with Crippen molar-refractivity contribution in [2.24, 2.45) is 5.92 Å². The molecule has 2 saturated heterocycles. The molecule has 0 aromatic carbocycles. The van der Waals surface area contributed by atoms with Gasteiger partial charge in [0, 0.05) is 26.2 Å². The van der Waals surface area contributed by atoms with Crippen LogP contribution in [0.5, 0.6) is 0 Å². The van der Waals surface area contributed by atoms with Crippen molar-refractivity contribution in [2.45, 2.75) is 32.3 Å². The fourth-order valence-electron chi connectivity index (χ4n) is 2.77. The molecule has 7 heteroatoms. The summed E-state index contributed by atoms with van der Waals surface area (Å²) in [5.41, 5.74) is 0. The first-order valence-electron chi connectivity index (χ1n) is 7.58. The van der Waals surface area contributed by atoms with E-state index in [-0.39, 0.29) is 36.8 Å². The predicted octanol–water partition coefficient (Wildman–Crippen LogP) is 1.06. The number of morpholine rings is 1. The summed E-state index contributed by atoms with van der Waals surface area (Å²) in [5, 5.41) is 6.19. The molecule has 2 unspecified atom stereocenters. The van der Waals surface area contributed by atoms with Crippen LogP contribution in [0.3, 0.4) is 0 Å². The zero-order valence-electron chi connectivity index (χ0n) is 12.8. The highest BCUT2D eigenvalue weighted by Crippen LogP contribution is 2.10. The Balaban J connectivity index is 0.00000200. The largest absolute Gasteiger partial charge is 0.366 e. The third-order valence-electron chi connectivity index (χ3n) is 3.86. The lowest BCUT2D eigenvalue weighted by atomic mass is 10.1. The van der Waals surface area contributed by atoms with Crippen molar-refractivity contribution in [1.29, 1.82) is 0 Å². The van der Waals surface area contributed by atoms with E-state index >= 15 is 0 Å². The second-order valence-electron chi connectivity index (χ2n) is 5.78. The highest BCUT2D eigenvalue weighted by Gasteiger charge is 2.22. The summed E-state index contributed by atoms with van der Waals surface area (Å²) in [7, 11) is 0. The maximum absolute atomic E-state index is 11.9. The van der Waals surface area contributed by atoms with Crippen LogP contribution in [0.15, 0.2) is 0 Å². The minimum atomic E-state index is -0.309. The highest BCUT2D eigenvalue weighted by atomic mass is 35.5. The van der Waals surface area contributed by atoms with Gasteiger partial charge in [-0.25, -0.2) is 0 Å². The molecule has 126 valence electrons. The minimum absolute atomic E-state index is 0. The van der Waals surface area contributed by atoms with E-state index < -0.39 is 0 Å². The van der Waals surface area contributed by atoms with Gasteiger partial charge < -0.3 is 20.3 Å². The lowest BCUT2D eigenvalue weighted by Crippen LogP contribution is -2.49. The number of nitrogens with zero attached hydrogens (tertiary/aromatic N) is 1. The van der Waals surface area contributed by atoms with E-state index in [9.17, 15) is 4.79 Å². The topological polar surface area (TPSA) is 53.6 Å². The molecule has 0 aliphatic carbocycles. The monoisotopic (exact) mass is 341 g/mol. The average molecular weight is 342 g/mol. The Bertz CT molecular complexity index is 283. The molecular formula is C14H29Cl2N3O2. The molecular weight excluding hydrogens is 313 g/mol. The van der Waals surface area contributed by atoms with E-state index in [4.69, 9.17) is 4.74 Å². The number of halogens is 2. The number of carbonyl (C=O) groups excluding carboxylic acids is 1. The Kier molecular flexibility index (Phi) is 11.5. The van der Waals surface area contributed by atoms with Gasteiger partial charge in [-0.05, 0) is 31.8 Å². The maximum Gasteiger partial charge on any atom is 0.250 e. The highest BCUT2D eigenvalue weighted by molar-refractivity contribution is 5.85. The van der Waals surface area contributed by atoms with Gasteiger partial charge in [-0.15, -0.1) is 24.8 Å². The third-order valence-corrected chi connectivity index (χ3v) is 3.86. The molecule has 2 N–H and O–H groups in total. The van der Waals surface area contributed by atoms with Crippen LogP contribution in [0.1, 0.15) is 26.2 Å². The number of amides is 1. The summed E-state index contributed by atoms with van der Waals surface area (Å²) in [5.74, 6) is 0.524. The average Bonchev–Trinajstić information content (AvgIpc) is 2.47. The van der Waals surface area contributed by atoms with Crippen LogP contribution >= 0.6 is 24.8 Å². The van der Waals surface area contributed by atoms with Crippen molar-refractivity contribution in [2.75, 3.05) is 45.9 Å². The van der Waals surface area contributed by atoms with Crippen LogP contribution in [-0.4, -0.2) is 62.8 Å². The molecule has 0 spiro atoms. The van der Waals surface area contributed by atoms with Crippen molar-refractivity contribution in [3.8, 4) is 0 Å². The molecule has 2 rings (SSSR count). The second-order valence-corrected chi connectivity index (χ2v) is 5.78. The first-order valence-corrected chi connectivity index (χ1v) is 7.58. The standard InChI is InChI=1S/C14H27N3O2.2ClH/c1-12(11-17-6-3-2-4-7-17)9-16-14(18)13-10-15-5-8-19-13;;/h12-13,15H,2-11H2,1H3,(H,16,18);2*1H. The van der Waals surface area contributed by atoms with Gasteiger partial charge in [0.05, 0.1) is 6.61 Å². The van der Waals surface area contributed by atoms with E-state index in [1.54, 1.807) is 0 Å². The lowest BCUT2D eigenvalue weighted by molar-refractivity contribution is -0.134.